The van der Waals surface area contributed by atoms with Crippen molar-refractivity contribution in [3.8, 4) is 0 Å². The summed E-state index contributed by atoms with van der Waals surface area (Å²) in [4.78, 5) is 28.9. The molecule has 0 saturated carbocycles. The maximum Gasteiger partial charge on any atom is 0.342 e. The fraction of sp³-hybridized carbons (Fsp3) is 0.500. The number of benzene rings is 1. The number of rotatable bonds is 9. The molecular formula is C18H24F5NO5Si2. The highest BCUT2D eigenvalue weighted by molar-refractivity contribution is 6.72. The second-order valence-corrected chi connectivity index (χ2v) is 17.3. The van der Waals surface area contributed by atoms with Crippen LogP contribution in [0.15, 0.2) is 5.16 Å². The minimum Gasteiger partial charge on any atom is -0.520 e. The fourth-order valence-electron chi connectivity index (χ4n) is 2.09. The summed E-state index contributed by atoms with van der Waals surface area (Å²) in [7, 11) is -4.55. The molecule has 1 aromatic carbocycles. The van der Waals surface area contributed by atoms with Crippen molar-refractivity contribution in [1.29, 1.82) is 0 Å². The predicted octanol–water partition coefficient (Wildman–Crippen LogP) is 4.79. The Morgan fingerprint density at radius 3 is 1.65 bits per heavy atom. The van der Waals surface area contributed by atoms with Crippen molar-refractivity contribution in [3.05, 3.63) is 34.6 Å². The molecular weight excluding hydrogens is 461 g/mol. The number of hydrogen-bond acceptors (Lipinski definition) is 6. The van der Waals surface area contributed by atoms with Gasteiger partial charge in [-0.1, -0.05) is 5.16 Å². The van der Waals surface area contributed by atoms with Crippen LogP contribution in [0.5, 0.6) is 0 Å². The van der Waals surface area contributed by atoms with Gasteiger partial charge in [-0.15, -0.1) is 0 Å². The Bertz CT molecular complexity index is 853. The summed E-state index contributed by atoms with van der Waals surface area (Å²) in [5.41, 5.74) is -1.64. The third-order valence-electron chi connectivity index (χ3n) is 3.30. The number of oxime groups is 1. The Labute approximate surface area is 178 Å². The lowest BCUT2D eigenvalue weighted by Crippen LogP contribution is -2.34. The van der Waals surface area contributed by atoms with Crippen molar-refractivity contribution in [3.63, 3.8) is 0 Å². The van der Waals surface area contributed by atoms with Crippen molar-refractivity contribution in [2.24, 2.45) is 5.16 Å². The summed E-state index contributed by atoms with van der Waals surface area (Å²) in [5, 5.41) is 3.43. The zero-order valence-corrected chi connectivity index (χ0v) is 20.0. The average molecular weight is 486 g/mol. The molecule has 0 spiro atoms. The van der Waals surface area contributed by atoms with E-state index in [-0.39, 0.29) is 18.6 Å². The molecule has 0 aliphatic carbocycles. The van der Waals surface area contributed by atoms with Gasteiger partial charge in [0, 0.05) is 6.42 Å². The summed E-state index contributed by atoms with van der Waals surface area (Å²) < 4.78 is 77.6. The zero-order valence-electron chi connectivity index (χ0n) is 18.0. The van der Waals surface area contributed by atoms with E-state index < -0.39 is 69.8 Å². The lowest BCUT2D eigenvalue weighted by atomic mass is 10.2. The molecule has 0 saturated heterocycles. The molecule has 0 aliphatic rings. The second-order valence-electron chi connectivity index (χ2n) is 8.45. The molecule has 0 atom stereocenters. The summed E-state index contributed by atoms with van der Waals surface area (Å²) in [6.07, 6.45) is -0.528. The minimum atomic E-state index is -2.38. The molecule has 0 unspecified atom stereocenters. The van der Waals surface area contributed by atoms with Crippen LogP contribution in [0.25, 0.3) is 0 Å². The zero-order chi connectivity index (χ0) is 24.1. The van der Waals surface area contributed by atoms with Crippen LogP contribution in [-0.4, -0.2) is 34.3 Å². The Morgan fingerprint density at radius 2 is 1.19 bits per heavy atom. The van der Waals surface area contributed by atoms with E-state index in [0.29, 0.717) is 0 Å². The third-order valence-corrected chi connectivity index (χ3v) is 4.94. The van der Waals surface area contributed by atoms with Crippen molar-refractivity contribution in [2.75, 3.05) is 0 Å². The molecule has 0 bridgehead atoms. The first-order valence-corrected chi connectivity index (χ1v) is 16.0. The van der Waals surface area contributed by atoms with Crippen LogP contribution >= 0.6 is 0 Å². The van der Waals surface area contributed by atoms with E-state index in [4.69, 9.17) is 8.85 Å². The van der Waals surface area contributed by atoms with Crippen LogP contribution in [0.4, 0.5) is 22.0 Å². The molecule has 0 aliphatic heterocycles. The van der Waals surface area contributed by atoms with Crippen molar-refractivity contribution in [1.82, 2.24) is 0 Å². The number of carbonyl (C=O) groups is 2. The van der Waals surface area contributed by atoms with E-state index in [1.165, 1.54) is 0 Å². The minimum absolute atomic E-state index is 0.254. The van der Waals surface area contributed by atoms with Gasteiger partial charge in [0.05, 0.1) is 12.0 Å². The smallest absolute Gasteiger partial charge is 0.342 e. The highest BCUT2D eigenvalue weighted by Crippen LogP contribution is 2.23. The number of hydrogen-bond donors (Lipinski definition) is 0. The fourth-order valence-corrected chi connectivity index (χ4v) is 3.55. The lowest BCUT2D eigenvalue weighted by molar-refractivity contribution is -0.134. The van der Waals surface area contributed by atoms with Gasteiger partial charge in [0.1, 0.15) is 6.61 Å². The molecule has 0 amide bonds. The third kappa shape index (κ3) is 8.40. The van der Waals surface area contributed by atoms with Gasteiger partial charge >= 0.3 is 5.97 Å². The first-order valence-electron chi connectivity index (χ1n) is 9.18. The number of halogens is 5. The predicted molar refractivity (Wildman–Crippen MR) is 107 cm³/mol. The molecule has 13 heteroatoms. The Kier molecular flexibility index (Phi) is 8.93. The molecule has 0 radical (unpaired) electrons. The quantitative estimate of drug-likeness (QED) is 0.126. The molecule has 1 rings (SSSR count). The second kappa shape index (κ2) is 10.3. The number of nitrogens with zero attached hydrogens (tertiary/aromatic N) is 1. The van der Waals surface area contributed by atoms with Crippen LogP contribution in [0, 0.1) is 29.1 Å². The van der Waals surface area contributed by atoms with Crippen LogP contribution in [0.3, 0.4) is 0 Å². The highest BCUT2D eigenvalue weighted by atomic mass is 28.4. The van der Waals surface area contributed by atoms with Gasteiger partial charge in [-0.25, -0.2) is 26.7 Å². The largest absolute Gasteiger partial charge is 0.520 e. The first kappa shape index (κ1) is 26.7. The van der Waals surface area contributed by atoms with Gasteiger partial charge in [-0.3, -0.25) is 4.79 Å². The molecule has 1 aromatic rings. The van der Waals surface area contributed by atoms with Gasteiger partial charge < -0.3 is 13.7 Å². The van der Waals surface area contributed by atoms with Crippen LogP contribution in [0.1, 0.15) is 18.4 Å². The Balaban J connectivity index is 3.04. The van der Waals surface area contributed by atoms with E-state index in [9.17, 15) is 31.5 Å². The van der Waals surface area contributed by atoms with E-state index in [1.807, 2.05) is 0 Å². The van der Waals surface area contributed by atoms with E-state index in [1.54, 1.807) is 39.3 Å². The van der Waals surface area contributed by atoms with Crippen LogP contribution in [-0.2, 0) is 29.9 Å². The SMILES string of the molecule is C[Si](C)(C)OC(=O)CC/C(=N\OCc1c(F)c(F)c(F)c(F)c1F)C(=O)O[Si](C)(C)C. The van der Waals surface area contributed by atoms with E-state index in [2.05, 4.69) is 9.99 Å². The molecule has 31 heavy (non-hydrogen) atoms. The molecule has 0 heterocycles. The topological polar surface area (TPSA) is 74.2 Å². The van der Waals surface area contributed by atoms with Gasteiger partial charge in [-0.2, -0.15) is 0 Å². The van der Waals surface area contributed by atoms with Crippen LogP contribution in [0.2, 0.25) is 39.3 Å². The van der Waals surface area contributed by atoms with Gasteiger partial charge in [-0.05, 0) is 39.3 Å². The normalized spacial score (nSPS) is 12.5. The number of carbonyl (C=O) groups excluding carboxylic acids is 2. The monoisotopic (exact) mass is 485 g/mol. The molecule has 0 aromatic heterocycles. The molecule has 0 fully saturated rings. The summed E-state index contributed by atoms with van der Waals surface area (Å²) >= 11 is 0. The first-order chi connectivity index (χ1) is 14.0. The summed E-state index contributed by atoms with van der Waals surface area (Å²) in [6, 6.07) is 0. The van der Waals surface area contributed by atoms with E-state index in [0.717, 1.165) is 0 Å². The van der Waals surface area contributed by atoms with Crippen LogP contribution < -0.4 is 0 Å². The van der Waals surface area contributed by atoms with Crippen molar-refractivity contribution in [2.45, 2.75) is 58.7 Å². The maximum absolute atomic E-state index is 13.7. The van der Waals surface area contributed by atoms with Gasteiger partial charge in [0.15, 0.2) is 29.0 Å². The average Bonchev–Trinajstić information content (AvgIpc) is 2.60. The van der Waals surface area contributed by atoms with Gasteiger partial charge in [0.25, 0.3) is 5.97 Å². The van der Waals surface area contributed by atoms with E-state index >= 15 is 0 Å². The molecule has 6 nitrogen and oxygen atoms in total. The standard InChI is InChI=1S/C18H24F5NO5Si2/c1-30(2,3)28-12(25)8-7-11(18(26)29-31(4,5)6)24-27-9-10-13(19)15(21)17(23)16(22)14(10)20/h7-9H2,1-6H3/b24-11+. The molecule has 174 valence electrons. The molecule has 0 N–H and O–H groups in total. The van der Waals surface area contributed by atoms with Crippen molar-refractivity contribution < 1.29 is 45.2 Å². The Hall–Kier alpha value is -2.29. The summed E-state index contributed by atoms with van der Waals surface area (Å²) in [5.74, 6) is -12.2. The van der Waals surface area contributed by atoms with Gasteiger partial charge in [0.2, 0.25) is 22.5 Å². The summed E-state index contributed by atoms with van der Waals surface area (Å²) in [6.45, 7) is 9.33. The maximum atomic E-state index is 13.7. The van der Waals surface area contributed by atoms with Crippen molar-refractivity contribution >= 4 is 34.3 Å². The lowest BCUT2D eigenvalue weighted by Gasteiger charge is -2.19. The Morgan fingerprint density at radius 1 is 0.742 bits per heavy atom. The highest BCUT2D eigenvalue weighted by Gasteiger charge is 2.28.